The lowest BCUT2D eigenvalue weighted by atomic mass is 9.76. The second-order valence-electron chi connectivity index (χ2n) is 11.1. The molecule has 3 aromatic rings. The van der Waals surface area contributed by atoms with Gasteiger partial charge in [0.15, 0.2) is 0 Å². The minimum absolute atomic E-state index is 0.213. The Balaban J connectivity index is 1.53. The molecule has 0 radical (unpaired) electrons. The number of carbonyl (C=O) groups is 1. The largest absolute Gasteiger partial charge is 0.332 e. The van der Waals surface area contributed by atoms with Crippen molar-refractivity contribution < 1.29 is 4.79 Å². The van der Waals surface area contributed by atoms with Crippen LogP contribution >= 0.6 is 0 Å². The van der Waals surface area contributed by atoms with E-state index in [4.69, 9.17) is 10.5 Å². The highest BCUT2D eigenvalue weighted by atomic mass is 16.2. The quantitative estimate of drug-likeness (QED) is 0.278. The predicted molar refractivity (Wildman–Crippen MR) is 151 cm³/mol. The van der Waals surface area contributed by atoms with Gasteiger partial charge >= 0.3 is 6.03 Å². The Labute approximate surface area is 221 Å². The zero-order valence-corrected chi connectivity index (χ0v) is 23.2. The molecule has 1 aliphatic carbocycles. The molecule has 4 rings (SSSR count). The summed E-state index contributed by atoms with van der Waals surface area (Å²) >= 11 is 0. The standard InChI is InChI=1S/C31H41N5O/c1-7-22(4)23-12-14-24(15-13-23)29(32)35(8-2)30(37)33-20-27-26-16-17-31(5,6)19-28(26)36(34-27)25-11-9-10-21(3)18-25/h9-15,18,22,32H,7-8,16-17,19-20H2,1-6H3,(H,33,37). The highest BCUT2D eigenvalue weighted by Gasteiger charge is 2.31. The minimum atomic E-state index is -0.270. The molecule has 0 saturated heterocycles. The van der Waals surface area contributed by atoms with Gasteiger partial charge in [-0.05, 0) is 79.7 Å². The molecule has 1 unspecified atom stereocenters. The van der Waals surface area contributed by atoms with Crippen molar-refractivity contribution in [2.45, 2.75) is 79.7 Å². The van der Waals surface area contributed by atoms with Gasteiger partial charge in [0.1, 0.15) is 5.84 Å². The molecule has 1 atom stereocenters. The molecule has 1 aliphatic rings. The lowest BCUT2D eigenvalue weighted by molar-refractivity contribution is 0.221. The Morgan fingerprint density at radius 2 is 1.92 bits per heavy atom. The van der Waals surface area contributed by atoms with E-state index in [0.29, 0.717) is 19.0 Å². The molecular formula is C31H41N5O. The van der Waals surface area contributed by atoms with E-state index in [-0.39, 0.29) is 17.3 Å². The van der Waals surface area contributed by atoms with Gasteiger partial charge in [-0.15, -0.1) is 0 Å². The van der Waals surface area contributed by atoms with Gasteiger partial charge in [0, 0.05) is 17.8 Å². The van der Waals surface area contributed by atoms with Crippen LogP contribution < -0.4 is 5.32 Å². The van der Waals surface area contributed by atoms with Crippen LogP contribution in [-0.2, 0) is 19.4 Å². The van der Waals surface area contributed by atoms with Gasteiger partial charge in [0.2, 0.25) is 0 Å². The van der Waals surface area contributed by atoms with Gasteiger partial charge in [0.05, 0.1) is 17.9 Å². The summed E-state index contributed by atoms with van der Waals surface area (Å²) in [5, 5.41) is 16.7. The van der Waals surface area contributed by atoms with Crippen LogP contribution in [-0.4, -0.2) is 33.1 Å². The third-order valence-electron chi connectivity index (χ3n) is 7.72. The summed E-state index contributed by atoms with van der Waals surface area (Å²) in [6.07, 6.45) is 4.07. The van der Waals surface area contributed by atoms with Crippen LogP contribution in [0.2, 0.25) is 0 Å². The number of nitrogens with zero attached hydrogens (tertiary/aromatic N) is 3. The lowest BCUT2D eigenvalue weighted by Gasteiger charge is -2.30. The van der Waals surface area contributed by atoms with Crippen molar-refractivity contribution in [3.8, 4) is 5.69 Å². The summed E-state index contributed by atoms with van der Waals surface area (Å²) in [6, 6.07) is 16.2. The number of amides is 2. The molecule has 0 spiro atoms. The monoisotopic (exact) mass is 499 g/mol. The number of rotatable bonds is 7. The Kier molecular flexibility index (Phi) is 7.86. The third kappa shape index (κ3) is 5.79. The minimum Gasteiger partial charge on any atom is -0.332 e. The molecule has 37 heavy (non-hydrogen) atoms. The maximum Gasteiger partial charge on any atom is 0.323 e. The number of fused-ring (bicyclic) bond motifs is 1. The molecule has 0 saturated carbocycles. The van der Waals surface area contributed by atoms with Crippen molar-refractivity contribution in [2.75, 3.05) is 6.54 Å². The Morgan fingerprint density at radius 1 is 1.19 bits per heavy atom. The first kappa shape index (κ1) is 26.6. The molecule has 6 heteroatoms. The van der Waals surface area contributed by atoms with E-state index < -0.39 is 0 Å². The van der Waals surface area contributed by atoms with Crippen LogP contribution in [0.15, 0.2) is 48.5 Å². The zero-order valence-electron chi connectivity index (χ0n) is 23.2. The second kappa shape index (κ2) is 10.9. The number of hydrogen-bond donors (Lipinski definition) is 2. The Morgan fingerprint density at radius 3 is 2.57 bits per heavy atom. The normalized spacial score (nSPS) is 15.1. The number of carbonyl (C=O) groups excluding carboxylic acids is 1. The summed E-state index contributed by atoms with van der Waals surface area (Å²) in [7, 11) is 0. The van der Waals surface area contributed by atoms with Crippen molar-refractivity contribution in [2.24, 2.45) is 5.41 Å². The van der Waals surface area contributed by atoms with E-state index in [0.717, 1.165) is 42.6 Å². The van der Waals surface area contributed by atoms with Crippen LogP contribution in [0.5, 0.6) is 0 Å². The average Bonchev–Trinajstić information content (AvgIpc) is 3.23. The molecule has 2 N–H and O–H groups in total. The van der Waals surface area contributed by atoms with Crippen LogP contribution in [0, 0.1) is 17.7 Å². The van der Waals surface area contributed by atoms with Crippen molar-refractivity contribution >= 4 is 11.9 Å². The van der Waals surface area contributed by atoms with Crippen LogP contribution in [0.3, 0.4) is 0 Å². The molecular weight excluding hydrogens is 458 g/mol. The highest BCUT2D eigenvalue weighted by molar-refractivity contribution is 6.05. The van der Waals surface area contributed by atoms with Crippen LogP contribution in [0.4, 0.5) is 4.79 Å². The number of amidine groups is 1. The van der Waals surface area contributed by atoms with Crippen molar-refractivity contribution in [3.05, 3.63) is 82.2 Å². The topological polar surface area (TPSA) is 74.0 Å². The molecule has 0 bridgehead atoms. The number of urea groups is 1. The second-order valence-corrected chi connectivity index (χ2v) is 11.1. The van der Waals surface area contributed by atoms with E-state index in [9.17, 15) is 4.79 Å². The Hall–Kier alpha value is -3.41. The third-order valence-corrected chi connectivity index (χ3v) is 7.72. The van der Waals surface area contributed by atoms with E-state index >= 15 is 0 Å². The molecule has 1 heterocycles. The molecule has 196 valence electrons. The predicted octanol–water partition coefficient (Wildman–Crippen LogP) is 6.77. The van der Waals surface area contributed by atoms with Gasteiger partial charge in [-0.3, -0.25) is 10.3 Å². The van der Waals surface area contributed by atoms with E-state index in [1.165, 1.54) is 27.3 Å². The summed E-state index contributed by atoms with van der Waals surface area (Å²) in [6.45, 7) is 13.8. The van der Waals surface area contributed by atoms with Crippen LogP contribution in [0.25, 0.3) is 5.69 Å². The number of aryl methyl sites for hydroxylation is 1. The van der Waals surface area contributed by atoms with Crippen molar-refractivity contribution in [1.82, 2.24) is 20.0 Å². The fourth-order valence-corrected chi connectivity index (χ4v) is 5.15. The summed E-state index contributed by atoms with van der Waals surface area (Å²) in [4.78, 5) is 14.7. The van der Waals surface area contributed by atoms with Gasteiger partial charge in [-0.1, -0.05) is 64.1 Å². The number of hydrogen-bond acceptors (Lipinski definition) is 3. The molecule has 0 aliphatic heterocycles. The lowest BCUT2D eigenvalue weighted by Crippen LogP contribution is -2.43. The maximum absolute atomic E-state index is 13.2. The SMILES string of the molecule is CCC(C)c1ccc(C(=N)N(CC)C(=O)NCc2nn(-c3cccc(C)c3)c3c2CCC(C)(C)C3)cc1. The van der Waals surface area contributed by atoms with Gasteiger partial charge in [0.25, 0.3) is 0 Å². The molecule has 2 aromatic carbocycles. The Bertz CT molecular complexity index is 1270. The fraction of sp³-hybridized carbons (Fsp3) is 0.452. The summed E-state index contributed by atoms with van der Waals surface area (Å²) in [5.41, 5.74) is 7.88. The molecule has 6 nitrogen and oxygen atoms in total. The highest BCUT2D eigenvalue weighted by Crippen LogP contribution is 2.37. The van der Waals surface area contributed by atoms with E-state index in [1.54, 1.807) is 0 Å². The summed E-state index contributed by atoms with van der Waals surface area (Å²) < 4.78 is 2.07. The van der Waals surface area contributed by atoms with Gasteiger partial charge in [-0.25, -0.2) is 9.48 Å². The first-order valence-electron chi connectivity index (χ1n) is 13.5. The zero-order chi connectivity index (χ0) is 26.7. The first-order valence-corrected chi connectivity index (χ1v) is 13.5. The average molecular weight is 500 g/mol. The smallest absolute Gasteiger partial charge is 0.323 e. The van der Waals surface area contributed by atoms with Gasteiger partial charge < -0.3 is 5.32 Å². The number of benzene rings is 2. The molecule has 1 aromatic heterocycles. The van der Waals surface area contributed by atoms with Gasteiger partial charge in [-0.2, -0.15) is 5.10 Å². The summed E-state index contributed by atoms with van der Waals surface area (Å²) in [5.74, 6) is 0.690. The van der Waals surface area contributed by atoms with Crippen molar-refractivity contribution in [3.63, 3.8) is 0 Å². The maximum atomic E-state index is 13.2. The molecule has 2 amide bonds. The number of aromatic nitrogens is 2. The molecule has 0 fully saturated rings. The number of nitrogens with one attached hydrogen (secondary N) is 2. The van der Waals surface area contributed by atoms with E-state index in [1.807, 2.05) is 19.1 Å². The fourth-order valence-electron chi connectivity index (χ4n) is 5.15. The van der Waals surface area contributed by atoms with E-state index in [2.05, 4.69) is 81.0 Å². The first-order chi connectivity index (χ1) is 17.6. The van der Waals surface area contributed by atoms with Crippen LogP contribution in [0.1, 0.15) is 87.0 Å². The van der Waals surface area contributed by atoms with Crippen molar-refractivity contribution in [1.29, 1.82) is 5.41 Å².